The molecule has 0 bridgehead atoms. The van der Waals surface area contributed by atoms with Crippen molar-refractivity contribution in [2.24, 2.45) is 5.92 Å². The van der Waals surface area contributed by atoms with Gasteiger partial charge in [-0.1, -0.05) is 51.9 Å². The van der Waals surface area contributed by atoms with Crippen LogP contribution in [0.15, 0.2) is 0 Å². The second kappa shape index (κ2) is 9.21. The van der Waals surface area contributed by atoms with Gasteiger partial charge < -0.3 is 4.74 Å². The molecule has 1 aliphatic rings. The van der Waals surface area contributed by atoms with Crippen LogP contribution in [0.25, 0.3) is 0 Å². The van der Waals surface area contributed by atoms with Gasteiger partial charge in [-0.15, -0.1) is 0 Å². The minimum absolute atomic E-state index is 0.884. The Balaban J connectivity index is 1.79. The van der Waals surface area contributed by atoms with Gasteiger partial charge in [-0.3, -0.25) is 0 Å². The van der Waals surface area contributed by atoms with Crippen LogP contribution in [0.1, 0.15) is 71.1 Å². The van der Waals surface area contributed by atoms with Crippen molar-refractivity contribution in [2.75, 3.05) is 13.2 Å². The molecule has 0 aromatic carbocycles. The standard InChI is InChI=1S/C14H28O/c1-2-3-4-5-9-12-15-13-14-10-7-6-8-11-14/h14H,2-13H2,1H3. The molecule has 0 amide bonds. The highest BCUT2D eigenvalue weighted by atomic mass is 16.5. The Bertz CT molecular complexity index is 127. The third-order valence-corrected chi connectivity index (χ3v) is 3.47. The number of hydrogen-bond acceptors (Lipinski definition) is 1. The smallest absolute Gasteiger partial charge is 0.0494 e. The fourth-order valence-electron chi connectivity index (χ4n) is 2.41. The van der Waals surface area contributed by atoms with Crippen molar-refractivity contribution >= 4 is 0 Å². The average Bonchev–Trinajstić information content (AvgIpc) is 2.29. The van der Waals surface area contributed by atoms with E-state index in [2.05, 4.69) is 6.92 Å². The summed E-state index contributed by atoms with van der Waals surface area (Å²) < 4.78 is 5.75. The molecule has 0 aromatic heterocycles. The lowest BCUT2D eigenvalue weighted by Gasteiger charge is -2.21. The molecule has 0 saturated heterocycles. The maximum Gasteiger partial charge on any atom is 0.0494 e. The van der Waals surface area contributed by atoms with Crippen LogP contribution in [0, 0.1) is 5.92 Å². The highest BCUT2D eigenvalue weighted by Gasteiger charge is 2.12. The van der Waals surface area contributed by atoms with Gasteiger partial charge >= 0.3 is 0 Å². The zero-order chi connectivity index (χ0) is 10.8. The van der Waals surface area contributed by atoms with E-state index >= 15 is 0 Å². The monoisotopic (exact) mass is 212 g/mol. The lowest BCUT2D eigenvalue weighted by atomic mass is 9.90. The van der Waals surface area contributed by atoms with Crippen molar-refractivity contribution in [1.29, 1.82) is 0 Å². The van der Waals surface area contributed by atoms with E-state index < -0.39 is 0 Å². The Labute approximate surface area is 95.6 Å². The maximum atomic E-state index is 5.75. The molecule has 0 heterocycles. The van der Waals surface area contributed by atoms with Crippen molar-refractivity contribution in [3.63, 3.8) is 0 Å². The third kappa shape index (κ3) is 6.94. The van der Waals surface area contributed by atoms with E-state index in [9.17, 15) is 0 Å². The summed E-state index contributed by atoms with van der Waals surface area (Å²) in [6.45, 7) is 4.30. The van der Waals surface area contributed by atoms with E-state index in [0.29, 0.717) is 0 Å². The van der Waals surface area contributed by atoms with Gasteiger partial charge in [0, 0.05) is 13.2 Å². The minimum atomic E-state index is 0.884. The summed E-state index contributed by atoms with van der Waals surface area (Å²) in [6.07, 6.45) is 13.9. The molecule has 0 unspecified atom stereocenters. The molecule has 0 spiro atoms. The van der Waals surface area contributed by atoms with Gasteiger partial charge in [0.1, 0.15) is 0 Å². The van der Waals surface area contributed by atoms with Gasteiger partial charge in [0.25, 0.3) is 0 Å². The van der Waals surface area contributed by atoms with Crippen LogP contribution in [0.3, 0.4) is 0 Å². The number of rotatable bonds is 8. The maximum absolute atomic E-state index is 5.75. The van der Waals surface area contributed by atoms with Crippen molar-refractivity contribution in [2.45, 2.75) is 71.1 Å². The zero-order valence-electron chi connectivity index (χ0n) is 10.5. The molecule has 90 valence electrons. The minimum Gasteiger partial charge on any atom is -0.381 e. The Morgan fingerprint density at radius 1 is 0.933 bits per heavy atom. The summed E-state index contributed by atoms with van der Waals surface area (Å²) in [5.41, 5.74) is 0. The lowest BCUT2D eigenvalue weighted by Crippen LogP contribution is -2.13. The quantitative estimate of drug-likeness (QED) is 0.536. The summed E-state index contributed by atoms with van der Waals surface area (Å²) in [5.74, 6) is 0.884. The Kier molecular flexibility index (Phi) is 7.99. The molecule has 0 radical (unpaired) electrons. The first-order valence-corrected chi connectivity index (χ1v) is 7.01. The van der Waals surface area contributed by atoms with E-state index in [4.69, 9.17) is 4.74 Å². The van der Waals surface area contributed by atoms with Crippen LogP contribution in [0.5, 0.6) is 0 Å². The molecular weight excluding hydrogens is 184 g/mol. The van der Waals surface area contributed by atoms with Gasteiger partial charge in [-0.2, -0.15) is 0 Å². The number of unbranched alkanes of at least 4 members (excludes halogenated alkanes) is 4. The first-order valence-electron chi connectivity index (χ1n) is 7.01. The van der Waals surface area contributed by atoms with Crippen LogP contribution in [-0.4, -0.2) is 13.2 Å². The highest BCUT2D eigenvalue weighted by molar-refractivity contribution is 4.64. The summed E-state index contributed by atoms with van der Waals surface area (Å²) in [4.78, 5) is 0. The Hall–Kier alpha value is -0.0400. The molecule has 1 aliphatic carbocycles. The van der Waals surface area contributed by atoms with Crippen LogP contribution in [0.2, 0.25) is 0 Å². The van der Waals surface area contributed by atoms with Crippen LogP contribution >= 0.6 is 0 Å². The highest BCUT2D eigenvalue weighted by Crippen LogP contribution is 2.23. The second-order valence-corrected chi connectivity index (χ2v) is 4.99. The largest absolute Gasteiger partial charge is 0.381 e. The summed E-state index contributed by atoms with van der Waals surface area (Å²) in [6, 6.07) is 0. The molecule has 1 heteroatoms. The van der Waals surface area contributed by atoms with Crippen molar-refractivity contribution in [3.05, 3.63) is 0 Å². The van der Waals surface area contributed by atoms with Gasteiger partial charge in [-0.25, -0.2) is 0 Å². The topological polar surface area (TPSA) is 9.23 Å². The normalized spacial score (nSPS) is 18.2. The molecule has 1 saturated carbocycles. The van der Waals surface area contributed by atoms with Gasteiger partial charge in [0.2, 0.25) is 0 Å². The fourth-order valence-corrected chi connectivity index (χ4v) is 2.41. The molecule has 0 aliphatic heterocycles. The summed E-state index contributed by atoms with van der Waals surface area (Å²) >= 11 is 0. The average molecular weight is 212 g/mol. The number of hydrogen-bond donors (Lipinski definition) is 0. The number of ether oxygens (including phenoxy) is 1. The van der Waals surface area contributed by atoms with Crippen LogP contribution < -0.4 is 0 Å². The lowest BCUT2D eigenvalue weighted by molar-refractivity contribution is 0.0824. The van der Waals surface area contributed by atoms with Crippen LogP contribution in [-0.2, 0) is 4.74 Å². The van der Waals surface area contributed by atoms with Crippen molar-refractivity contribution in [3.8, 4) is 0 Å². The predicted octanol–water partition coefficient (Wildman–Crippen LogP) is 4.55. The molecule has 0 atom stereocenters. The SMILES string of the molecule is CCCCCCCOCC1CCCCC1. The van der Waals surface area contributed by atoms with E-state index in [0.717, 1.165) is 19.1 Å². The fraction of sp³-hybridized carbons (Fsp3) is 1.00. The molecule has 0 N–H and O–H groups in total. The van der Waals surface area contributed by atoms with E-state index in [1.165, 1.54) is 64.2 Å². The second-order valence-electron chi connectivity index (χ2n) is 4.99. The van der Waals surface area contributed by atoms with Crippen LogP contribution in [0.4, 0.5) is 0 Å². The molecular formula is C14H28O. The molecule has 0 aromatic rings. The van der Waals surface area contributed by atoms with E-state index in [-0.39, 0.29) is 0 Å². The molecule has 1 nitrogen and oxygen atoms in total. The predicted molar refractivity (Wildman–Crippen MR) is 66.2 cm³/mol. The first-order chi connectivity index (χ1) is 7.43. The summed E-state index contributed by atoms with van der Waals surface area (Å²) in [5, 5.41) is 0. The first kappa shape index (κ1) is 13.0. The van der Waals surface area contributed by atoms with Crippen molar-refractivity contribution < 1.29 is 4.74 Å². The van der Waals surface area contributed by atoms with Crippen molar-refractivity contribution in [1.82, 2.24) is 0 Å². The van der Waals surface area contributed by atoms with Gasteiger partial charge in [0.05, 0.1) is 0 Å². The Morgan fingerprint density at radius 2 is 1.67 bits per heavy atom. The zero-order valence-corrected chi connectivity index (χ0v) is 10.5. The molecule has 15 heavy (non-hydrogen) atoms. The summed E-state index contributed by atoms with van der Waals surface area (Å²) in [7, 11) is 0. The van der Waals surface area contributed by atoms with E-state index in [1.54, 1.807) is 0 Å². The Morgan fingerprint density at radius 3 is 2.40 bits per heavy atom. The van der Waals surface area contributed by atoms with Gasteiger partial charge in [-0.05, 0) is 25.2 Å². The van der Waals surface area contributed by atoms with E-state index in [1.807, 2.05) is 0 Å². The van der Waals surface area contributed by atoms with Gasteiger partial charge in [0.15, 0.2) is 0 Å². The molecule has 1 rings (SSSR count). The molecule has 1 fully saturated rings. The third-order valence-electron chi connectivity index (χ3n) is 3.47.